The normalized spacial score (nSPS) is 13.2. The lowest BCUT2D eigenvalue weighted by atomic mass is 10.1. The SMILES string of the molecule is O=C1Cc2cc(NC(=O)Nc3ccc(C(F)(F)F)cc3)ccc2N1. The summed E-state index contributed by atoms with van der Waals surface area (Å²) in [6.07, 6.45) is -4.18. The quantitative estimate of drug-likeness (QED) is 0.780. The second-order valence-corrected chi connectivity index (χ2v) is 5.25. The van der Waals surface area contributed by atoms with E-state index in [1.165, 1.54) is 12.1 Å². The molecule has 3 N–H and O–H groups in total. The van der Waals surface area contributed by atoms with Gasteiger partial charge in [-0.25, -0.2) is 4.79 Å². The average Bonchev–Trinajstić information content (AvgIpc) is 2.86. The molecule has 124 valence electrons. The standard InChI is InChI=1S/C16H12F3N3O2/c17-16(18,19)10-1-3-11(4-2-10)20-15(24)21-12-5-6-13-9(7-12)8-14(23)22-13/h1-7H,8H2,(H,22,23)(H2,20,21,24). The average molecular weight is 335 g/mol. The third-order valence-electron chi connectivity index (χ3n) is 3.46. The monoisotopic (exact) mass is 335 g/mol. The van der Waals surface area contributed by atoms with Crippen LogP contribution in [0.15, 0.2) is 42.5 Å². The number of benzene rings is 2. The van der Waals surface area contributed by atoms with Crippen LogP contribution in [0.3, 0.4) is 0 Å². The van der Waals surface area contributed by atoms with Gasteiger partial charge in [0.1, 0.15) is 0 Å². The van der Waals surface area contributed by atoms with E-state index in [0.29, 0.717) is 11.4 Å². The highest BCUT2D eigenvalue weighted by molar-refractivity contribution is 6.02. The molecular weight excluding hydrogens is 323 g/mol. The maximum absolute atomic E-state index is 12.5. The van der Waals surface area contributed by atoms with Crippen molar-refractivity contribution in [3.8, 4) is 0 Å². The first-order valence-electron chi connectivity index (χ1n) is 6.99. The minimum atomic E-state index is -4.42. The highest BCUT2D eigenvalue weighted by Crippen LogP contribution is 2.30. The molecule has 0 saturated carbocycles. The van der Waals surface area contributed by atoms with Crippen LogP contribution in [0.1, 0.15) is 11.1 Å². The number of fused-ring (bicyclic) bond motifs is 1. The summed E-state index contributed by atoms with van der Waals surface area (Å²) in [4.78, 5) is 23.2. The van der Waals surface area contributed by atoms with Gasteiger partial charge in [-0.1, -0.05) is 0 Å². The maximum atomic E-state index is 12.5. The Balaban J connectivity index is 1.64. The van der Waals surface area contributed by atoms with E-state index < -0.39 is 17.8 Å². The van der Waals surface area contributed by atoms with Crippen molar-refractivity contribution in [2.75, 3.05) is 16.0 Å². The summed E-state index contributed by atoms with van der Waals surface area (Å²) in [7, 11) is 0. The van der Waals surface area contributed by atoms with Gasteiger partial charge < -0.3 is 16.0 Å². The number of amides is 3. The van der Waals surface area contributed by atoms with Crippen LogP contribution in [0, 0.1) is 0 Å². The Morgan fingerprint density at radius 1 is 1.00 bits per heavy atom. The van der Waals surface area contributed by atoms with Crippen molar-refractivity contribution < 1.29 is 22.8 Å². The Labute approximate surface area is 134 Å². The van der Waals surface area contributed by atoms with Crippen LogP contribution in [0.4, 0.5) is 35.0 Å². The van der Waals surface area contributed by atoms with Crippen LogP contribution in [-0.2, 0) is 17.4 Å². The van der Waals surface area contributed by atoms with Crippen LogP contribution in [-0.4, -0.2) is 11.9 Å². The van der Waals surface area contributed by atoms with Gasteiger partial charge in [0.05, 0.1) is 12.0 Å². The van der Waals surface area contributed by atoms with Crippen molar-refractivity contribution in [1.82, 2.24) is 0 Å². The van der Waals surface area contributed by atoms with Gasteiger partial charge in [0.2, 0.25) is 5.91 Å². The summed E-state index contributed by atoms with van der Waals surface area (Å²) in [5.74, 6) is -0.114. The fraction of sp³-hybridized carbons (Fsp3) is 0.125. The Morgan fingerprint density at radius 3 is 2.29 bits per heavy atom. The van der Waals surface area contributed by atoms with Crippen LogP contribution >= 0.6 is 0 Å². The molecule has 0 aromatic heterocycles. The first kappa shape index (κ1) is 15.9. The van der Waals surface area contributed by atoms with Gasteiger partial charge in [-0.05, 0) is 48.0 Å². The molecule has 3 amide bonds. The summed E-state index contributed by atoms with van der Waals surface area (Å²) >= 11 is 0. The molecule has 0 atom stereocenters. The van der Waals surface area contributed by atoms with Crippen LogP contribution in [0.25, 0.3) is 0 Å². The molecule has 0 spiro atoms. The zero-order chi connectivity index (χ0) is 17.3. The minimum absolute atomic E-state index is 0.114. The second-order valence-electron chi connectivity index (χ2n) is 5.25. The largest absolute Gasteiger partial charge is 0.416 e. The van der Waals surface area contributed by atoms with Gasteiger partial charge in [0, 0.05) is 17.1 Å². The van der Waals surface area contributed by atoms with E-state index >= 15 is 0 Å². The molecule has 0 aliphatic carbocycles. The third kappa shape index (κ3) is 3.48. The first-order chi connectivity index (χ1) is 11.3. The summed E-state index contributed by atoms with van der Waals surface area (Å²) < 4.78 is 37.4. The Hall–Kier alpha value is -3.03. The number of hydrogen-bond acceptors (Lipinski definition) is 2. The summed E-state index contributed by atoms with van der Waals surface area (Å²) in [5.41, 5.74) is 1.40. The summed E-state index contributed by atoms with van der Waals surface area (Å²) in [6, 6.07) is 8.50. The molecule has 8 heteroatoms. The maximum Gasteiger partial charge on any atom is 0.416 e. The lowest BCUT2D eigenvalue weighted by Crippen LogP contribution is -2.19. The molecule has 3 rings (SSSR count). The van der Waals surface area contributed by atoms with Gasteiger partial charge in [0.15, 0.2) is 0 Å². The molecule has 1 aliphatic rings. The van der Waals surface area contributed by atoms with Gasteiger partial charge in [-0.15, -0.1) is 0 Å². The predicted octanol–water partition coefficient (Wildman–Crippen LogP) is 3.84. The van der Waals surface area contributed by atoms with Crippen LogP contribution < -0.4 is 16.0 Å². The Morgan fingerprint density at radius 2 is 1.62 bits per heavy atom. The number of anilines is 3. The number of urea groups is 1. The van der Waals surface area contributed by atoms with E-state index in [4.69, 9.17) is 0 Å². The number of carbonyl (C=O) groups excluding carboxylic acids is 2. The summed E-state index contributed by atoms with van der Waals surface area (Å²) in [5, 5.41) is 7.69. The van der Waals surface area contributed by atoms with E-state index in [9.17, 15) is 22.8 Å². The van der Waals surface area contributed by atoms with E-state index in [-0.39, 0.29) is 18.0 Å². The van der Waals surface area contributed by atoms with Crippen LogP contribution in [0.2, 0.25) is 0 Å². The summed E-state index contributed by atoms with van der Waals surface area (Å²) in [6.45, 7) is 0. The van der Waals surface area contributed by atoms with Crippen molar-refractivity contribution in [2.24, 2.45) is 0 Å². The molecule has 2 aromatic carbocycles. The fourth-order valence-electron chi connectivity index (χ4n) is 2.34. The Bertz CT molecular complexity index is 801. The molecular formula is C16H12F3N3O2. The van der Waals surface area contributed by atoms with Crippen molar-refractivity contribution in [1.29, 1.82) is 0 Å². The van der Waals surface area contributed by atoms with E-state index in [1.807, 2.05) is 0 Å². The molecule has 0 saturated heterocycles. The number of carbonyl (C=O) groups is 2. The van der Waals surface area contributed by atoms with Gasteiger partial charge in [0.25, 0.3) is 0 Å². The smallest absolute Gasteiger partial charge is 0.326 e. The lowest BCUT2D eigenvalue weighted by molar-refractivity contribution is -0.137. The van der Waals surface area contributed by atoms with Crippen molar-refractivity contribution >= 4 is 29.0 Å². The van der Waals surface area contributed by atoms with Gasteiger partial charge in [-0.2, -0.15) is 13.2 Å². The van der Waals surface area contributed by atoms with Crippen molar-refractivity contribution in [3.05, 3.63) is 53.6 Å². The number of rotatable bonds is 2. The van der Waals surface area contributed by atoms with Gasteiger partial charge >= 0.3 is 12.2 Å². The molecule has 1 heterocycles. The number of alkyl halides is 3. The zero-order valence-electron chi connectivity index (χ0n) is 12.2. The van der Waals surface area contributed by atoms with Crippen molar-refractivity contribution in [2.45, 2.75) is 12.6 Å². The van der Waals surface area contributed by atoms with Crippen LogP contribution in [0.5, 0.6) is 0 Å². The molecule has 0 unspecified atom stereocenters. The Kier molecular flexibility index (Phi) is 3.88. The van der Waals surface area contributed by atoms with Crippen molar-refractivity contribution in [3.63, 3.8) is 0 Å². The zero-order valence-corrected chi connectivity index (χ0v) is 12.2. The number of nitrogens with one attached hydrogen (secondary N) is 3. The van der Waals surface area contributed by atoms with E-state index in [0.717, 1.165) is 17.7 Å². The molecule has 5 nitrogen and oxygen atoms in total. The fourth-order valence-corrected chi connectivity index (χ4v) is 2.34. The molecule has 0 radical (unpaired) electrons. The van der Waals surface area contributed by atoms with Gasteiger partial charge in [-0.3, -0.25) is 4.79 Å². The lowest BCUT2D eigenvalue weighted by Gasteiger charge is -2.10. The minimum Gasteiger partial charge on any atom is -0.326 e. The number of hydrogen-bond donors (Lipinski definition) is 3. The van der Waals surface area contributed by atoms with E-state index in [1.54, 1.807) is 18.2 Å². The van der Waals surface area contributed by atoms with E-state index in [2.05, 4.69) is 16.0 Å². The highest BCUT2D eigenvalue weighted by Gasteiger charge is 2.30. The molecule has 24 heavy (non-hydrogen) atoms. The molecule has 0 fully saturated rings. The molecule has 1 aliphatic heterocycles. The topological polar surface area (TPSA) is 70.2 Å². The second kappa shape index (κ2) is 5.88. The highest BCUT2D eigenvalue weighted by atomic mass is 19.4. The number of halogens is 3. The first-order valence-corrected chi connectivity index (χ1v) is 6.99. The predicted molar refractivity (Wildman–Crippen MR) is 82.9 cm³/mol. The molecule has 2 aromatic rings. The molecule has 0 bridgehead atoms. The third-order valence-corrected chi connectivity index (χ3v) is 3.46.